The monoisotopic (exact) mass is 286 g/mol. The van der Waals surface area contributed by atoms with Crippen molar-refractivity contribution in [2.24, 2.45) is 0 Å². The molecule has 1 aromatic carbocycles. The van der Waals surface area contributed by atoms with Crippen molar-refractivity contribution >= 4 is 11.7 Å². The number of aliphatic hydroxyl groups excluding tert-OH is 1. The molecule has 1 amide bonds. The molecular formula is C15H14N2O4. The number of rotatable bonds is 4. The summed E-state index contributed by atoms with van der Waals surface area (Å²) in [7, 11) is 1.51. The van der Waals surface area contributed by atoms with Gasteiger partial charge in [-0.05, 0) is 24.6 Å². The van der Waals surface area contributed by atoms with Gasteiger partial charge in [0.1, 0.15) is 12.3 Å². The van der Waals surface area contributed by atoms with Crippen molar-refractivity contribution in [2.75, 3.05) is 13.7 Å². The molecule has 1 aliphatic heterocycles. The van der Waals surface area contributed by atoms with Gasteiger partial charge in [0.25, 0.3) is 5.91 Å². The average Bonchev–Trinajstić information content (AvgIpc) is 2.72. The Labute approximate surface area is 121 Å². The van der Waals surface area contributed by atoms with Crippen LogP contribution in [0.1, 0.15) is 18.5 Å². The first kappa shape index (κ1) is 14.6. The van der Waals surface area contributed by atoms with E-state index in [2.05, 4.69) is 0 Å². The Balaban J connectivity index is 2.57. The van der Waals surface area contributed by atoms with Gasteiger partial charge < -0.3 is 14.7 Å². The van der Waals surface area contributed by atoms with Crippen molar-refractivity contribution in [1.82, 2.24) is 4.90 Å². The van der Waals surface area contributed by atoms with Crippen molar-refractivity contribution in [2.45, 2.75) is 13.0 Å². The van der Waals surface area contributed by atoms with Gasteiger partial charge in [-0.15, -0.1) is 0 Å². The lowest BCUT2D eigenvalue weighted by Crippen LogP contribution is -2.31. The maximum Gasteiger partial charge on any atom is 0.290 e. The number of benzene rings is 1. The second-order valence-corrected chi connectivity index (χ2v) is 4.59. The molecular weight excluding hydrogens is 272 g/mol. The van der Waals surface area contributed by atoms with Gasteiger partial charge in [0, 0.05) is 0 Å². The summed E-state index contributed by atoms with van der Waals surface area (Å²) in [5, 5.41) is 18.8. The van der Waals surface area contributed by atoms with E-state index in [0.29, 0.717) is 11.3 Å². The SMILES string of the molecule is COc1cccc(C2C(C(C)=O)=C(O)C(=O)N2CC#N)c1. The van der Waals surface area contributed by atoms with Crippen LogP contribution in [-0.4, -0.2) is 35.4 Å². The third-order valence-corrected chi connectivity index (χ3v) is 3.33. The Hall–Kier alpha value is -2.81. The molecule has 0 bridgehead atoms. The molecule has 1 atom stereocenters. The molecule has 0 aromatic heterocycles. The van der Waals surface area contributed by atoms with Crippen LogP contribution >= 0.6 is 0 Å². The second-order valence-electron chi connectivity index (χ2n) is 4.59. The normalized spacial score (nSPS) is 17.9. The topological polar surface area (TPSA) is 90.6 Å². The summed E-state index contributed by atoms with van der Waals surface area (Å²) in [4.78, 5) is 25.0. The number of ether oxygens (including phenoxy) is 1. The van der Waals surface area contributed by atoms with Crippen LogP contribution in [0, 0.1) is 11.3 Å². The minimum Gasteiger partial charge on any atom is -0.503 e. The predicted molar refractivity (Wildman–Crippen MR) is 73.4 cm³/mol. The highest BCUT2D eigenvalue weighted by Gasteiger charge is 2.42. The zero-order valence-corrected chi connectivity index (χ0v) is 11.7. The highest BCUT2D eigenvalue weighted by Crippen LogP contribution is 2.38. The fraction of sp³-hybridized carbons (Fsp3) is 0.267. The molecule has 6 heteroatoms. The third-order valence-electron chi connectivity index (χ3n) is 3.33. The molecule has 1 aliphatic rings. The molecule has 2 rings (SSSR count). The van der Waals surface area contributed by atoms with Gasteiger partial charge in [-0.3, -0.25) is 9.59 Å². The smallest absolute Gasteiger partial charge is 0.290 e. The molecule has 0 radical (unpaired) electrons. The summed E-state index contributed by atoms with van der Waals surface area (Å²) in [6.07, 6.45) is 0. The molecule has 108 valence electrons. The van der Waals surface area contributed by atoms with E-state index >= 15 is 0 Å². The zero-order chi connectivity index (χ0) is 15.6. The van der Waals surface area contributed by atoms with E-state index in [1.165, 1.54) is 18.9 Å². The van der Waals surface area contributed by atoms with E-state index in [0.717, 1.165) is 0 Å². The van der Waals surface area contributed by atoms with E-state index in [4.69, 9.17) is 10.00 Å². The van der Waals surface area contributed by atoms with Crippen LogP contribution in [0.2, 0.25) is 0 Å². The van der Waals surface area contributed by atoms with Crippen molar-refractivity contribution in [3.8, 4) is 11.8 Å². The van der Waals surface area contributed by atoms with Crippen LogP contribution in [0.5, 0.6) is 5.75 Å². The Morgan fingerprint density at radius 2 is 2.24 bits per heavy atom. The van der Waals surface area contributed by atoms with Gasteiger partial charge >= 0.3 is 0 Å². The van der Waals surface area contributed by atoms with Gasteiger partial charge in [-0.25, -0.2) is 0 Å². The van der Waals surface area contributed by atoms with Crippen LogP contribution < -0.4 is 4.74 Å². The number of methoxy groups -OCH3 is 1. The first-order valence-electron chi connectivity index (χ1n) is 6.27. The molecule has 6 nitrogen and oxygen atoms in total. The minimum absolute atomic E-state index is 0.00324. The number of nitriles is 1. The van der Waals surface area contributed by atoms with Crippen molar-refractivity contribution in [1.29, 1.82) is 5.26 Å². The van der Waals surface area contributed by atoms with Crippen LogP contribution in [-0.2, 0) is 9.59 Å². The molecule has 0 saturated carbocycles. The molecule has 0 aliphatic carbocycles. The number of carbonyl (C=O) groups excluding carboxylic acids is 2. The van der Waals surface area contributed by atoms with Crippen LogP contribution in [0.15, 0.2) is 35.6 Å². The summed E-state index contributed by atoms with van der Waals surface area (Å²) >= 11 is 0. The summed E-state index contributed by atoms with van der Waals surface area (Å²) in [6.45, 7) is 1.06. The zero-order valence-electron chi connectivity index (χ0n) is 11.7. The Kier molecular flexibility index (Phi) is 3.94. The Morgan fingerprint density at radius 1 is 1.52 bits per heavy atom. The van der Waals surface area contributed by atoms with Crippen LogP contribution in [0.4, 0.5) is 0 Å². The highest BCUT2D eigenvalue weighted by molar-refractivity contribution is 6.08. The van der Waals surface area contributed by atoms with E-state index in [1.807, 2.05) is 6.07 Å². The Bertz CT molecular complexity index is 672. The van der Waals surface area contributed by atoms with Gasteiger partial charge in [0.2, 0.25) is 0 Å². The maximum absolute atomic E-state index is 12.0. The Morgan fingerprint density at radius 3 is 2.81 bits per heavy atom. The first-order chi connectivity index (χ1) is 10.0. The molecule has 21 heavy (non-hydrogen) atoms. The van der Waals surface area contributed by atoms with Crippen molar-refractivity contribution in [3.63, 3.8) is 0 Å². The minimum atomic E-state index is -0.773. The fourth-order valence-electron chi connectivity index (χ4n) is 2.41. The molecule has 1 N–H and O–H groups in total. The number of hydrogen-bond donors (Lipinski definition) is 1. The fourth-order valence-corrected chi connectivity index (χ4v) is 2.41. The van der Waals surface area contributed by atoms with E-state index in [1.54, 1.807) is 24.3 Å². The quantitative estimate of drug-likeness (QED) is 0.847. The first-order valence-corrected chi connectivity index (χ1v) is 6.27. The van der Waals surface area contributed by atoms with Crippen molar-refractivity contribution in [3.05, 3.63) is 41.2 Å². The molecule has 1 aromatic rings. The largest absolute Gasteiger partial charge is 0.503 e. The molecule has 0 saturated heterocycles. The lowest BCUT2D eigenvalue weighted by Gasteiger charge is -2.24. The van der Waals surface area contributed by atoms with Gasteiger partial charge in [0.05, 0.1) is 24.8 Å². The number of ketones is 1. The summed E-state index contributed by atoms with van der Waals surface area (Å²) in [5.41, 5.74) is 0.607. The number of nitrogens with zero attached hydrogens (tertiary/aromatic N) is 2. The molecule has 0 spiro atoms. The number of aliphatic hydroxyl groups is 1. The highest BCUT2D eigenvalue weighted by atomic mass is 16.5. The van der Waals surface area contributed by atoms with E-state index in [9.17, 15) is 14.7 Å². The standard InChI is InChI=1S/C15H14N2O4/c1-9(18)12-13(10-4-3-5-11(8-10)21-2)17(7-6-16)15(20)14(12)19/h3-5,8,13,19H,7H2,1-2H3. The van der Waals surface area contributed by atoms with Gasteiger partial charge in [0.15, 0.2) is 11.5 Å². The van der Waals surface area contributed by atoms with E-state index in [-0.39, 0.29) is 12.1 Å². The maximum atomic E-state index is 12.0. The number of hydrogen-bond acceptors (Lipinski definition) is 5. The van der Waals surface area contributed by atoms with Crippen LogP contribution in [0.3, 0.4) is 0 Å². The third kappa shape index (κ3) is 2.46. The number of amides is 1. The summed E-state index contributed by atoms with van der Waals surface area (Å²) in [6, 6.07) is 7.93. The predicted octanol–water partition coefficient (Wildman–Crippen LogP) is 1.50. The van der Waals surface area contributed by atoms with Crippen molar-refractivity contribution < 1.29 is 19.4 Å². The lowest BCUT2D eigenvalue weighted by atomic mass is 9.96. The molecule has 1 heterocycles. The average molecular weight is 286 g/mol. The molecule has 0 fully saturated rings. The van der Waals surface area contributed by atoms with E-state index < -0.39 is 23.5 Å². The van der Waals surface area contributed by atoms with Crippen LogP contribution in [0.25, 0.3) is 0 Å². The lowest BCUT2D eigenvalue weighted by molar-refractivity contribution is -0.128. The number of carbonyl (C=O) groups is 2. The van der Waals surface area contributed by atoms with Gasteiger partial charge in [-0.2, -0.15) is 5.26 Å². The number of Topliss-reactive ketones (excluding diaryl/α,β-unsaturated/α-hetero) is 1. The summed E-state index contributed by atoms with van der Waals surface area (Å²) in [5.74, 6) is -1.15. The van der Waals surface area contributed by atoms with Gasteiger partial charge in [-0.1, -0.05) is 12.1 Å². The summed E-state index contributed by atoms with van der Waals surface area (Å²) < 4.78 is 5.13. The second kappa shape index (κ2) is 5.67. The molecule has 1 unspecified atom stereocenters.